The van der Waals surface area contributed by atoms with Gasteiger partial charge in [-0.1, -0.05) is 18.2 Å². The molecule has 0 saturated carbocycles. The number of alkyl halides is 3. The summed E-state index contributed by atoms with van der Waals surface area (Å²) in [6.45, 7) is 0.380. The second kappa shape index (κ2) is 7.36. The van der Waals surface area contributed by atoms with Gasteiger partial charge in [0.05, 0.1) is 5.56 Å². The molecule has 0 spiro atoms. The molecule has 0 fully saturated rings. The Labute approximate surface area is 152 Å². The van der Waals surface area contributed by atoms with Gasteiger partial charge >= 0.3 is 6.18 Å². The molecule has 1 heterocycles. The van der Waals surface area contributed by atoms with Crippen LogP contribution in [0.2, 0.25) is 0 Å². The van der Waals surface area contributed by atoms with Gasteiger partial charge in [0.1, 0.15) is 5.82 Å². The number of fused-ring (bicyclic) bond motifs is 1. The summed E-state index contributed by atoms with van der Waals surface area (Å²) in [6.07, 6.45) is -4.74. The van der Waals surface area contributed by atoms with E-state index in [1.807, 2.05) is 6.07 Å². The number of benzene rings is 2. The second-order valence-electron chi connectivity index (χ2n) is 5.50. The van der Waals surface area contributed by atoms with E-state index in [0.717, 1.165) is 11.6 Å². The molecule has 26 heavy (non-hydrogen) atoms. The Hall–Kier alpha value is -2.55. The van der Waals surface area contributed by atoms with Gasteiger partial charge in [-0.15, -0.1) is 0 Å². The summed E-state index contributed by atoms with van der Waals surface area (Å²) >= 11 is 5.08. The van der Waals surface area contributed by atoms with Crippen LogP contribution in [-0.4, -0.2) is 11.9 Å². The molecule has 0 atom stereocenters. The van der Waals surface area contributed by atoms with Crippen molar-refractivity contribution in [2.45, 2.75) is 19.3 Å². The molecule has 0 amide bonds. The Balaban J connectivity index is 1.55. The van der Waals surface area contributed by atoms with Crippen LogP contribution in [0, 0.1) is 5.82 Å². The standard InChI is InChI=1S/C17H14F4N2O2S/c18-15-11(2-1-3-12(15)17(19,20)21)8-23-16(26)22-7-10-4-5-13-14(6-10)25-9-24-13/h1-6H,7-9H2,(H2,22,23,26). The molecule has 2 N–H and O–H groups in total. The highest BCUT2D eigenvalue weighted by molar-refractivity contribution is 7.80. The van der Waals surface area contributed by atoms with Gasteiger partial charge in [-0.05, 0) is 36.0 Å². The first-order valence-corrected chi connectivity index (χ1v) is 8.00. The van der Waals surface area contributed by atoms with Crippen LogP contribution in [0.3, 0.4) is 0 Å². The van der Waals surface area contributed by atoms with Crippen molar-refractivity contribution < 1.29 is 27.0 Å². The Morgan fingerprint density at radius 3 is 2.54 bits per heavy atom. The minimum atomic E-state index is -4.74. The van der Waals surface area contributed by atoms with Crippen LogP contribution in [0.4, 0.5) is 17.6 Å². The molecule has 9 heteroatoms. The number of halogens is 4. The van der Waals surface area contributed by atoms with Gasteiger partial charge < -0.3 is 20.1 Å². The van der Waals surface area contributed by atoms with Crippen LogP contribution in [0.15, 0.2) is 36.4 Å². The molecule has 4 nitrogen and oxygen atoms in total. The predicted molar refractivity (Wildman–Crippen MR) is 90.2 cm³/mol. The largest absolute Gasteiger partial charge is 0.454 e. The third-order valence-electron chi connectivity index (χ3n) is 3.71. The van der Waals surface area contributed by atoms with E-state index < -0.39 is 17.6 Å². The van der Waals surface area contributed by atoms with Gasteiger partial charge in [0.2, 0.25) is 6.79 Å². The van der Waals surface area contributed by atoms with Crippen molar-refractivity contribution in [1.29, 1.82) is 0 Å². The summed E-state index contributed by atoms with van der Waals surface area (Å²) in [4.78, 5) is 0. The summed E-state index contributed by atoms with van der Waals surface area (Å²) in [7, 11) is 0. The van der Waals surface area contributed by atoms with E-state index in [9.17, 15) is 17.6 Å². The fourth-order valence-corrected chi connectivity index (χ4v) is 2.55. The lowest BCUT2D eigenvalue weighted by atomic mass is 10.1. The number of hydrogen-bond acceptors (Lipinski definition) is 3. The molecule has 1 aliphatic heterocycles. The van der Waals surface area contributed by atoms with Gasteiger partial charge in [-0.3, -0.25) is 0 Å². The minimum absolute atomic E-state index is 0.118. The van der Waals surface area contributed by atoms with Crippen LogP contribution in [0.25, 0.3) is 0 Å². The number of rotatable bonds is 4. The summed E-state index contributed by atoms with van der Waals surface area (Å²) < 4.78 is 62.6. The zero-order valence-corrected chi connectivity index (χ0v) is 14.1. The van der Waals surface area contributed by atoms with E-state index in [1.165, 1.54) is 6.07 Å². The molecule has 0 aromatic heterocycles. The smallest absolute Gasteiger partial charge is 0.419 e. The maximum absolute atomic E-state index is 13.9. The molecule has 0 radical (unpaired) electrons. The van der Waals surface area contributed by atoms with Crippen molar-refractivity contribution >= 4 is 17.3 Å². The van der Waals surface area contributed by atoms with Crippen molar-refractivity contribution in [2.75, 3.05) is 6.79 Å². The topological polar surface area (TPSA) is 42.5 Å². The van der Waals surface area contributed by atoms with Gasteiger partial charge in [0.15, 0.2) is 16.6 Å². The lowest BCUT2D eigenvalue weighted by molar-refractivity contribution is -0.140. The zero-order chi connectivity index (χ0) is 18.7. The molecule has 0 unspecified atom stereocenters. The molecule has 2 aromatic carbocycles. The average molecular weight is 386 g/mol. The zero-order valence-electron chi connectivity index (χ0n) is 13.3. The minimum Gasteiger partial charge on any atom is -0.454 e. The van der Waals surface area contributed by atoms with Gasteiger partial charge in [0, 0.05) is 18.7 Å². The van der Waals surface area contributed by atoms with Gasteiger partial charge in [-0.2, -0.15) is 13.2 Å². The Bertz CT molecular complexity index is 827. The van der Waals surface area contributed by atoms with E-state index in [-0.39, 0.29) is 24.0 Å². The number of hydrogen-bond donors (Lipinski definition) is 2. The van der Waals surface area contributed by atoms with Crippen molar-refractivity contribution in [3.63, 3.8) is 0 Å². The summed E-state index contributed by atoms with van der Waals surface area (Å²) in [6, 6.07) is 8.53. The highest BCUT2D eigenvalue weighted by atomic mass is 32.1. The van der Waals surface area contributed by atoms with Crippen LogP contribution < -0.4 is 20.1 Å². The van der Waals surface area contributed by atoms with Gasteiger partial charge in [0.25, 0.3) is 0 Å². The first-order valence-electron chi connectivity index (χ1n) is 7.59. The summed E-state index contributed by atoms with van der Waals surface area (Å²) in [5, 5.41) is 5.80. The van der Waals surface area contributed by atoms with Crippen molar-refractivity contribution in [2.24, 2.45) is 0 Å². The third kappa shape index (κ3) is 4.16. The Morgan fingerprint density at radius 2 is 1.77 bits per heavy atom. The van der Waals surface area contributed by atoms with Crippen LogP contribution in [0.1, 0.15) is 16.7 Å². The molecule has 0 bridgehead atoms. The molecule has 3 rings (SSSR count). The highest BCUT2D eigenvalue weighted by Crippen LogP contribution is 2.33. The van der Waals surface area contributed by atoms with E-state index >= 15 is 0 Å². The summed E-state index contributed by atoms with van der Waals surface area (Å²) in [5.74, 6) is -0.00485. The van der Waals surface area contributed by atoms with E-state index in [2.05, 4.69) is 10.6 Å². The first-order chi connectivity index (χ1) is 12.3. The van der Waals surface area contributed by atoms with Gasteiger partial charge in [-0.25, -0.2) is 4.39 Å². The van der Waals surface area contributed by atoms with Crippen LogP contribution in [0.5, 0.6) is 11.5 Å². The molecular weight excluding hydrogens is 372 g/mol. The molecule has 0 saturated heterocycles. The first kappa shape index (κ1) is 18.2. The molecule has 138 valence electrons. The average Bonchev–Trinajstić information content (AvgIpc) is 3.05. The normalized spacial score (nSPS) is 12.8. The fourth-order valence-electron chi connectivity index (χ4n) is 2.41. The quantitative estimate of drug-likeness (QED) is 0.619. The molecule has 1 aliphatic rings. The maximum Gasteiger partial charge on any atom is 0.419 e. The number of nitrogens with one attached hydrogen (secondary N) is 2. The summed E-state index contributed by atoms with van der Waals surface area (Å²) in [5.41, 5.74) is -0.535. The Kier molecular flexibility index (Phi) is 5.17. The predicted octanol–water partition coefficient (Wildman–Crippen LogP) is 3.74. The maximum atomic E-state index is 13.9. The number of ether oxygens (including phenoxy) is 2. The van der Waals surface area contributed by atoms with E-state index in [4.69, 9.17) is 21.7 Å². The highest BCUT2D eigenvalue weighted by Gasteiger charge is 2.34. The molecule has 0 aliphatic carbocycles. The van der Waals surface area contributed by atoms with E-state index in [1.54, 1.807) is 12.1 Å². The van der Waals surface area contributed by atoms with Crippen LogP contribution in [-0.2, 0) is 19.3 Å². The molecular formula is C17H14F4N2O2S. The fraction of sp³-hybridized carbons (Fsp3) is 0.235. The van der Waals surface area contributed by atoms with Crippen molar-refractivity contribution in [3.05, 3.63) is 58.9 Å². The lowest BCUT2D eigenvalue weighted by Gasteiger charge is -2.14. The second-order valence-corrected chi connectivity index (χ2v) is 5.91. The third-order valence-corrected chi connectivity index (χ3v) is 4.00. The SMILES string of the molecule is Fc1c(CNC(=S)NCc2ccc3c(c2)OCO3)cccc1C(F)(F)F. The van der Waals surface area contributed by atoms with Crippen LogP contribution >= 0.6 is 12.2 Å². The molecule has 2 aromatic rings. The Morgan fingerprint density at radius 1 is 1.04 bits per heavy atom. The van der Waals surface area contributed by atoms with E-state index in [0.29, 0.717) is 24.1 Å². The monoisotopic (exact) mass is 386 g/mol. The lowest BCUT2D eigenvalue weighted by Crippen LogP contribution is -2.34. The van der Waals surface area contributed by atoms with Crippen molar-refractivity contribution in [3.8, 4) is 11.5 Å². The number of thiocarbonyl (C=S) groups is 1. The van der Waals surface area contributed by atoms with Crippen molar-refractivity contribution in [1.82, 2.24) is 10.6 Å².